The third-order valence-electron chi connectivity index (χ3n) is 2.96. The average Bonchev–Trinajstić information content (AvgIpc) is 2.16. The predicted octanol–water partition coefficient (Wildman–Crippen LogP) is 2.65. The molecule has 0 amide bonds. The van der Waals surface area contributed by atoms with Crippen LogP contribution in [0.1, 0.15) is 24.8 Å². The molecule has 3 heteroatoms. The van der Waals surface area contributed by atoms with Crippen LogP contribution in [0.4, 0.5) is 8.78 Å². The maximum atomic E-state index is 13.2. The van der Waals surface area contributed by atoms with Gasteiger partial charge in [-0.1, -0.05) is 18.6 Å². The SMILES string of the molecule is Fc1cccc(CCNC2CCC2)c1F. The summed E-state index contributed by atoms with van der Waals surface area (Å²) in [5, 5.41) is 3.33. The van der Waals surface area contributed by atoms with E-state index in [0.29, 0.717) is 18.0 Å². The first-order chi connectivity index (χ1) is 7.27. The number of nitrogens with one attached hydrogen (secondary N) is 1. The zero-order valence-corrected chi connectivity index (χ0v) is 8.60. The van der Waals surface area contributed by atoms with Crippen LogP contribution in [0.5, 0.6) is 0 Å². The molecule has 0 bridgehead atoms. The van der Waals surface area contributed by atoms with Crippen molar-refractivity contribution in [1.29, 1.82) is 0 Å². The van der Waals surface area contributed by atoms with Gasteiger partial charge in [-0.25, -0.2) is 8.78 Å². The zero-order chi connectivity index (χ0) is 10.7. The van der Waals surface area contributed by atoms with Gasteiger partial charge in [0, 0.05) is 6.04 Å². The molecule has 1 aliphatic rings. The van der Waals surface area contributed by atoms with E-state index >= 15 is 0 Å². The third-order valence-corrected chi connectivity index (χ3v) is 2.96. The molecule has 1 aliphatic carbocycles. The lowest BCUT2D eigenvalue weighted by Crippen LogP contribution is -2.36. The van der Waals surface area contributed by atoms with Crippen LogP contribution in [0.2, 0.25) is 0 Å². The van der Waals surface area contributed by atoms with E-state index in [0.717, 1.165) is 12.6 Å². The minimum absolute atomic E-state index is 0.460. The van der Waals surface area contributed by atoms with Crippen LogP contribution >= 0.6 is 0 Å². The van der Waals surface area contributed by atoms with E-state index in [1.165, 1.54) is 19.3 Å². The highest BCUT2D eigenvalue weighted by atomic mass is 19.2. The number of hydrogen-bond donors (Lipinski definition) is 1. The largest absolute Gasteiger partial charge is 0.314 e. The Morgan fingerprint density at radius 1 is 1.27 bits per heavy atom. The minimum atomic E-state index is -0.754. The van der Waals surface area contributed by atoms with Gasteiger partial charge < -0.3 is 5.32 Å². The Morgan fingerprint density at radius 2 is 2.07 bits per heavy atom. The van der Waals surface area contributed by atoms with Gasteiger partial charge >= 0.3 is 0 Å². The lowest BCUT2D eigenvalue weighted by molar-refractivity contribution is 0.341. The van der Waals surface area contributed by atoms with Gasteiger partial charge in [-0.2, -0.15) is 0 Å². The fourth-order valence-corrected chi connectivity index (χ4v) is 1.76. The molecule has 1 N–H and O–H groups in total. The van der Waals surface area contributed by atoms with Gasteiger partial charge in [0.25, 0.3) is 0 Å². The Morgan fingerprint density at radius 3 is 2.73 bits per heavy atom. The van der Waals surface area contributed by atoms with Crippen molar-refractivity contribution in [2.24, 2.45) is 0 Å². The Kier molecular flexibility index (Phi) is 3.31. The Hall–Kier alpha value is -0.960. The fraction of sp³-hybridized carbons (Fsp3) is 0.500. The second-order valence-electron chi connectivity index (χ2n) is 4.04. The number of halogens is 2. The summed E-state index contributed by atoms with van der Waals surface area (Å²) < 4.78 is 26.1. The molecule has 1 saturated carbocycles. The summed E-state index contributed by atoms with van der Waals surface area (Å²) in [6.45, 7) is 0.727. The Labute approximate surface area is 88.5 Å². The highest BCUT2D eigenvalue weighted by Crippen LogP contribution is 2.18. The molecule has 0 radical (unpaired) electrons. The molecule has 0 aromatic heterocycles. The maximum Gasteiger partial charge on any atom is 0.162 e. The summed E-state index contributed by atoms with van der Waals surface area (Å²) in [4.78, 5) is 0. The standard InChI is InChI=1S/C12H15F2N/c13-11-6-1-3-9(12(11)14)7-8-15-10-4-2-5-10/h1,3,6,10,15H,2,4-5,7-8H2. The van der Waals surface area contributed by atoms with E-state index in [9.17, 15) is 8.78 Å². The van der Waals surface area contributed by atoms with Gasteiger partial charge in [0.15, 0.2) is 11.6 Å². The van der Waals surface area contributed by atoms with Gasteiger partial charge in [0.2, 0.25) is 0 Å². The second kappa shape index (κ2) is 4.71. The zero-order valence-electron chi connectivity index (χ0n) is 8.60. The van der Waals surface area contributed by atoms with Crippen molar-refractivity contribution in [3.8, 4) is 0 Å². The first kappa shape index (κ1) is 10.6. The van der Waals surface area contributed by atoms with Crippen molar-refractivity contribution in [2.75, 3.05) is 6.54 Å². The van der Waals surface area contributed by atoms with Gasteiger partial charge in [-0.05, 0) is 37.4 Å². The number of rotatable bonds is 4. The average molecular weight is 211 g/mol. The number of benzene rings is 1. The molecule has 0 unspecified atom stereocenters. The minimum Gasteiger partial charge on any atom is -0.314 e. The van der Waals surface area contributed by atoms with E-state index in [4.69, 9.17) is 0 Å². The van der Waals surface area contributed by atoms with Crippen LogP contribution in [0.3, 0.4) is 0 Å². The summed E-state index contributed by atoms with van der Waals surface area (Å²) in [5.74, 6) is -1.45. The molecule has 15 heavy (non-hydrogen) atoms. The van der Waals surface area contributed by atoms with E-state index in [1.54, 1.807) is 12.1 Å². The fourth-order valence-electron chi connectivity index (χ4n) is 1.76. The number of hydrogen-bond acceptors (Lipinski definition) is 1. The molecule has 0 heterocycles. The van der Waals surface area contributed by atoms with E-state index < -0.39 is 11.6 Å². The summed E-state index contributed by atoms with van der Waals surface area (Å²) in [6.07, 6.45) is 4.27. The van der Waals surface area contributed by atoms with E-state index in [2.05, 4.69) is 5.32 Å². The summed E-state index contributed by atoms with van der Waals surface area (Å²) >= 11 is 0. The van der Waals surface area contributed by atoms with Crippen molar-refractivity contribution >= 4 is 0 Å². The molecular formula is C12H15F2N. The molecule has 1 fully saturated rings. The van der Waals surface area contributed by atoms with Gasteiger partial charge in [-0.15, -0.1) is 0 Å². The molecule has 1 aromatic rings. The van der Waals surface area contributed by atoms with Crippen molar-refractivity contribution in [3.05, 3.63) is 35.4 Å². The Bertz CT molecular complexity index is 334. The van der Waals surface area contributed by atoms with Crippen LogP contribution in [0.15, 0.2) is 18.2 Å². The van der Waals surface area contributed by atoms with Crippen LogP contribution in [-0.4, -0.2) is 12.6 Å². The van der Waals surface area contributed by atoms with Crippen LogP contribution in [-0.2, 0) is 6.42 Å². The molecule has 82 valence electrons. The highest BCUT2D eigenvalue weighted by molar-refractivity contribution is 5.19. The van der Waals surface area contributed by atoms with E-state index in [1.807, 2.05) is 0 Å². The van der Waals surface area contributed by atoms with Crippen molar-refractivity contribution in [3.63, 3.8) is 0 Å². The summed E-state index contributed by atoms with van der Waals surface area (Å²) in [5.41, 5.74) is 0.460. The topological polar surface area (TPSA) is 12.0 Å². The Balaban J connectivity index is 1.84. The molecule has 1 nitrogen and oxygen atoms in total. The predicted molar refractivity (Wildman–Crippen MR) is 55.7 cm³/mol. The molecule has 0 spiro atoms. The third kappa shape index (κ3) is 2.53. The normalized spacial score (nSPS) is 16.4. The van der Waals surface area contributed by atoms with Gasteiger partial charge in [0.1, 0.15) is 0 Å². The van der Waals surface area contributed by atoms with Crippen molar-refractivity contribution in [2.45, 2.75) is 31.7 Å². The second-order valence-corrected chi connectivity index (χ2v) is 4.04. The molecule has 2 rings (SSSR count). The van der Waals surface area contributed by atoms with Gasteiger partial charge in [0.05, 0.1) is 0 Å². The van der Waals surface area contributed by atoms with Crippen LogP contribution in [0, 0.1) is 11.6 Å². The van der Waals surface area contributed by atoms with Gasteiger partial charge in [-0.3, -0.25) is 0 Å². The van der Waals surface area contributed by atoms with Crippen molar-refractivity contribution in [1.82, 2.24) is 5.32 Å². The summed E-state index contributed by atoms with van der Waals surface area (Å²) in [7, 11) is 0. The van der Waals surface area contributed by atoms with Crippen LogP contribution in [0.25, 0.3) is 0 Å². The molecule has 0 saturated heterocycles. The molecular weight excluding hydrogens is 196 g/mol. The lowest BCUT2D eigenvalue weighted by Gasteiger charge is -2.26. The lowest BCUT2D eigenvalue weighted by atomic mass is 9.93. The first-order valence-electron chi connectivity index (χ1n) is 5.43. The molecule has 0 atom stereocenters. The maximum absolute atomic E-state index is 13.2. The first-order valence-corrected chi connectivity index (χ1v) is 5.43. The smallest absolute Gasteiger partial charge is 0.162 e. The quantitative estimate of drug-likeness (QED) is 0.807. The van der Waals surface area contributed by atoms with Crippen molar-refractivity contribution < 1.29 is 8.78 Å². The molecule has 1 aromatic carbocycles. The summed E-state index contributed by atoms with van der Waals surface area (Å²) in [6, 6.07) is 4.94. The van der Waals surface area contributed by atoms with Crippen LogP contribution < -0.4 is 5.32 Å². The highest BCUT2D eigenvalue weighted by Gasteiger charge is 2.16. The van der Waals surface area contributed by atoms with E-state index in [-0.39, 0.29) is 0 Å². The molecule has 0 aliphatic heterocycles. The monoisotopic (exact) mass is 211 g/mol.